The van der Waals surface area contributed by atoms with Crippen molar-refractivity contribution in [2.24, 2.45) is 0 Å². The van der Waals surface area contributed by atoms with Gasteiger partial charge in [0.2, 0.25) is 0 Å². The summed E-state index contributed by atoms with van der Waals surface area (Å²) in [5.41, 5.74) is 2.66. The molecule has 2 bridgehead atoms. The highest BCUT2D eigenvalue weighted by atomic mass is 32.3. The molecule has 2 aliphatic heterocycles. The van der Waals surface area contributed by atoms with Gasteiger partial charge in [-0.25, -0.2) is 4.79 Å². The van der Waals surface area contributed by atoms with E-state index in [1.165, 1.54) is 4.90 Å². The van der Waals surface area contributed by atoms with Gasteiger partial charge in [-0.3, -0.25) is 4.55 Å². The molecule has 2 atom stereocenters. The third kappa shape index (κ3) is 3.54. The molecule has 0 saturated carbocycles. The lowest BCUT2D eigenvalue weighted by Gasteiger charge is -2.32. The van der Waals surface area contributed by atoms with E-state index < -0.39 is 22.5 Å². The molecule has 2 aliphatic rings. The van der Waals surface area contributed by atoms with Gasteiger partial charge in [0.25, 0.3) is 0 Å². The summed E-state index contributed by atoms with van der Waals surface area (Å²) >= 11 is 0. The molecule has 2 heterocycles. The van der Waals surface area contributed by atoms with E-state index in [0.29, 0.717) is 11.7 Å². The molecule has 0 aromatic heterocycles. The van der Waals surface area contributed by atoms with Gasteiger partial charge in [-0.2, -0.15) is 13.5 Å². The zero-order valence-electron chi connectivity index (χ0n) is 14.3. The number of carbonyl (C=O) groups is 1. The van der Waals surface area contributed by atoms with E-state index >= 15 is 0 Å². The Bertz CT molecular complexity index is 949. The molecule has 1 saturated heterocycles. The Morgan fingerprint density at radius 1 is 1.04 bits per heavy atom. The van der Waals surface area contributed by atoms with Gasteiger partial charge in [0, 0.05) is 0 Å². The first-order valence-electron chi connectivity index (χ1n) is 8.41. The molecule has 8 nitrogen and oxygen atoms in total. The Labute approximate surface area is 156 Å². The van der Waals surface area contributed by atoms with Crippen LogP contribution in [0, 0.1) is 0 Å². The van der Waals surface area contributed by atoms with Crippen molar-refractivity contribution in [1.29, 1.82) is 0 Å². The van der Waals surface area contributed by atoms with Crippen LogP contribution in [0.3, 0.4) is 0 Å². The SMILES string of the molecule is O=C1N2C[C@H](c3ccccc3C2COCc2ccccc2)N1OS(=O)(=O)O. The fourth-order valence-electron chi connectivity index (χ4n) is 3.60. The third-order valence-electron chi connectivity index (χ3n) is 4.74. The lowest BCUT2D eigenvalue weighted by molar-refractivity contribution is -0.0318. The number of fused-ring (bicyclic) bond motifs is 4. The van der Waals surface area contributed by atoms with Crippen molar-refractivity contribution < 1.29 is 26.8 Å². The molecule has 0 aliphatic carbocycles. The molecule has 2 aromatic carbocycles. The first-order valence-corrected chi connectivity index (χ1v) is 9.78. The standard InChI is InChI=1S/C18H18N2O6S/c21-18-19-10-16(20(18)26-27(22,23)24)14-8-4-5-9-15(14)17(19)12-25-11-13-6-2-1-3-7-13/h1-9,16-17H,10-12H2,(H,22,23,24)/t16-,17?/m1/s1. The summed E-state index contributed by atoms with van der Waals surface area (Å²) in [7, 11) is -4.80. The number of urea groups is 1. The second-order valence-electron chi connectivity index (χ2n) is 6.42. The van der Waals surface area contributed by atoms with E-state index in [1.807, 2.05) is 54.6 Å². The van der Waals surface area contributed by atoms with Gasteiger partial charge in [-0.15, -0.1) is 4.28 Å². The Balaban J connectivity index is 1.57. The average molecular weight is 390 g/mol. The van der Waals surface area contributed by atoms with E-state index in [0.717, 1.165) is 16.7 Å². The molecule has 0 radical (unpaired) electrons. The minimum Gasteiger partial charge on any atom is -0.374 e. The second kappa shape index (κ2) is 6.93. The lowest BCUT2D eigenvalue weighted by Crippen LogP contribution is -2.37. The number of hydrogen-bond donors (Lipinski definition) is 1. The lowest BCUT2D eigenvalue weighted by atomic mass is 9.91. The molecule has 2 amide bonds. The fraction of sp³-hybridized carbons (Fsp3) is 0.278. The number of benzene rings is 2. The van der Waals surface area contributed by atoms with Gasteiger partial charge in [0.05, 0.1) is 25.8 Å². The molecule has 4 rings (SSSR count). The van der Waals surface area contributed by atoms with Crippen LogP contribution in [0.5, 0.6) is 0 Å². The van der Waals surface area contributed by atoms with E-state index in [4.69, 9.17) is 9.29 Å². The quantitative estimate of drug-likeness (QED) is 0.761. The summed E-state index contributed by atoms with van der Waals surface area (Å²) in [5, 5.41) is 0.714. The van der Waals surface area contributed by atoms with Gasteiger partial charge in [-0.05, 0) is 16.7 Å². The number of rotatable bonds is 6. The van der Waals surface area contributed by atoms with Crippen molar-refractivity contribution in [3.8, 4) is 0 Å². The zero-order chi connectivity index (χ0) is 19.0. The van der Waals surface area contributed by atoms with Crippen LogP contribution >= 0.6 is 0 Å². The van der Waals surface area contributed by atoms with Gasteiger partial charge in [-0.1, -0.05) is 54.6 Å². The van der Waals surface area contributed by atoms with E-state index in [9.17, 15) is 13.2 Å². The van der Waals surface area contributed by atoms with Crippen LogP contribution in [-0.2, 0) is 26.0 Å². The van der Waals surface area contributed by atoms with Crippen LogP contribution in [0.4, 0.5) is 4.79 Å². The molecule has 0 spiro atoms. The number of carbonyl (C=O) groups excluding carboxylic acids is 1. The maximum atomic E-state index is 12.7. The zero-order valence-corrected chi connectivity index (χ0v) is 15.1. The van der Waals surface area contributed by atoms with Gasteiger partial charge in [0.1, 0.15) is 6.04 Å². The van der Waals surface area contributed by atoms with E-state index in [-0.39, 0.29) is 19.2 Å². The Kier molecular flexibility index (Phi) is 4.60. The monoisotopic (exact) mass is 390 g/mol. The average Bonchev–Trinajstić information content (AvgIpc) is 2.91. The van der Waals surface area contributed by atoms with Crippen molar-refractivity contribution in [1.82, 2.24) is 9.96 Å². The summed E-state index contributed by atoms with van der Waals surface area (Å²) in [6.45, 7) is 0.908. The summed E-state index contributed by atoms with van der Waals surface area (Å²) in [4.78, 5) is 14.2. The Morgan fingerprint density at radius 3 is 2.41 bits per heavy atom. The van der Waals surface area contributed by atoms with Crippen LogP contribution in [0.15, 0.2) is 54.6 Å². The topological polar surface area (TPSA) is 96.4 Å². The Morgan fingerprint density at radius 2 is 1.70 bits per heavy atom. The predicted molar refractivity (Wildman–Crippen MR) is 94.6 cm³/mol. The molecule has 1 unspecified atom stereocenters. The smallest absolute Gasteiger partial charge is 0.374 e. The molecule has 1 fully saturated rings. The highest BCUT2D eigenvalue weighted by molar-refractivity contribution is 7.80. The van der Waals surface area contributed by atoms with Gasteiger partial charge >= 0.3 is 16.4 Å². The summed E-state index contributed by atoms with van der Waals surface area (Å²) < 4.78 is 41.7. The van der Waals surface area contributed by atoms with Crippen molar-refractivity contribution in [2.75, 3.05) is 13.2 Å². The third-order valence-corrected chi connectivity index (χ3v) is 5.09. The second-order valence-corrected chi connectivity index (χ2v) is 7.43. The number of hydrogen-bond acceptors (Lipinski definition) is 5. The minimum absolute atomic E-state index is 0.254. The van der Waals surface area contributed by atoms with Crippen molar-refractivity contribution >= 4 is 16.4 Å². The van der Waals surface area contributed by atoms with Crippen LogP contribution in [0.25, 0.3) is 0 Å². The first-order chi connectivity index (χ1) is 12.9. The number of nitrogens with zero attached hydrogens (tertiary/aromatic N) is 2. The number of amides is 2. The highest BCUT2D eigenvalue weighted by Gasteiger charge is 2.49. The fourth-order valence-corrected chi connectivity index (χ4v) is 3.97. The molecule has 27 heavy (non-hydrogen) atoms. The van der Waals surface area contributed by atoms with Crippen LogP contribution in [0.2, 0.25) is 0 Å². The first kappa shape index (κ1) is 17.9. The van der Waals surface area contributed by atoms with E-state index in [1.54, 1.807) is 0 Å². The van der Waals surface area contributed by atoms with Gasteiger partial charge < -0.3 is 9.64 Å². The number of ether oxygens (including phenoxy) is 1. The maximum Gasteiger partial charge on any atom is 0.418 e. The maximum absolute atomic E-state index is 12.7. The van der Waals surface area contributed by atoms with Crippen LogP contribution < -0.4 is 0 Å². The van der Waals surface area contributed by atoms with Crippen LogP contribution in [0.1, 0.15) is 28.8 Å². The molecule has 2 aromatic rings. The molecule has 1 N–H and O–H groups in total. The van der Waals surface area contributed by atoms with E-state index in [2.05, 4.69) is 4.28 Å². The minimum atomic E-state index is -4.80. The molecule has 9 heteroatoms. The summed E-state index contributed by atoms with van der Waals surface area (Å²) in [6.07, 6.45) is 0. The largest absolute Gasteiger partial charge is 0.418 e. The van der Waals surface area contributed by atoms with Crippen molar-refractivity contribution in [3.63, 3.8) is 0 Å². The van der Waals surface area contributed by atoms with Gasteiger partial charge in [0.15, 0.2) is 0 Å². The molecular weight excluding hydrogens is 372 g/mol. The number of hydroxylamine groups is 2. The Hall–Kier alpha value is -2.46. The van der Waals surface area contributed by atoms with Crippen molar-refractivity contribution in [3.05, 3.63) is 71.3 Å². The molecule has 142 valence electrons. The van der Waals surface area contributed by atoms with Crippen LogP contribution in [-0.4, -0.2) is 42.1 Å². The normalized spacial score (nSPS) is 21.4. The highest BCUT2D eigenvalue weighted by Crippen LogP contribution is 2.44. The molecular formula is C18H18N2O6S. The van der Waals surface area contributed by atoms with Crippen molar-refractivity contribution in [2.45, 2.75) is 18.7 Å². The predicted octanol–water partition coefficient (Wildman–Crippen LogP) is 2.47. The summed E-state index contributed by atoms with van der Waals surface area (Å²) in [5.74, 6) is 0. The summed E-state index contributed by atoms with van der Waals surface area (Å²) in [6, 6.07) is 15.4.